The number of nitrogens with one attached hydrogen (secondary N) is 1. The topological polar surface area (TPSA) is 79.3 Å². The molecule has 0 fully saturated rings. The van der Waals surface area contributed by atoms with Crippen LogP contribution in [-0.2, 0) is 4.79 Å². The fraction of sp³-hybridized carbons (Fsp3) is 0.417. The van der Waals surface area contributed by atoms with Crippen LogP contribution in [0.25, 0.3) is 0 Å². The van der Waals surface area contributed by atoms with Gasteiger partial charge in [0, 0.05) is 6.20 Å². The van der Waals surface area contributed by atoms with Crippen molar-refractivity contribution in [2.75, 3.05) is 0 Å². The summed E-state index contributed by atoms with van der Waals surface area (Å²) in [6.45, 7) is 5.20. The number of rotatable bonds is 3. The van der Waals surface area contributed by atoms with Gasteiger partial charge in [0.15, 0.2) is 0 Å². The largest absolute Gasteiger partial charge is 0.480 e. The third kappa shape index (κ3) is 3.43. The summed E-state index contributed by atoms with van der Waals surface area (Å²) in [7, 11) is 0. The monoisotopic (exact) mass is 270 g/mol. The summed E-state index contributed by atoms with van der Waals surface area (Å²) < 4.78 is 0. The highest BCUT2D eigenvalue weighted by Gasteiger charge is 2.33. The number of hydrogen-bond acceptors (Lipinski definition) is 3. The number of halogens is 1. The van der Waals surface area contributed by atoms with E-state index in [2.05, 4.69) is 10.3 Å². The number of hydrogen-bond donors (Lipinski definition) is 2. The van der Waals surface area contributed by atoms with Gasteiger partial charge < -0.3 is 10.4 Å². The quantitative estimate of drug-likeness (QED) is 0.823. The molecular formula is C12H15ClN2O3. The van der Waals surface area contributed by atoms with Crippen molar-refractivity contribution in [3.8, 4) is 0 Å². The Labute approximate surface area is 110 Å². The molecule has 98 valence electrons. The second-order valence-electron chi connectivity index (χ2n) is 4.95. The van der Waals surface area contributed by atoms with E-state index in [0.29, 0.717) is 0 Å². The first kappa shape index (κ1) is 14.4. The van der Waals surface area contributed by atoms with Crippen LogP contribution >= 0.6 is 11.6 Å². The van der Waals surface area contributed by atoms with Crippen molar-refractivity contribution in [3.05, 3.63) is 29.0 Å². The lowest BCUT2D eigenvalue weighted by Gasteiger charge is -2.27. The van der Waals surface area contributed by atoms with E-state index >= 15 is 0 Å². The summed E-state index contributed by atoms with van der Waals surface area (Å²) in [6.07, 6.45) is 1.46. The van der Waals surface area contributed by atoms with E-state index in [1.54, 1.807) is 26.8 Å². The normalized spacial score (nSPS) is 12.9. The van der Waals surface area contributed by atoms with Crippen LogP contribution in [0.1, 0.15) is 31.1 Å². The zero-order chi connectivity index (χ0) is 13.9. The molecule has 0 aliphatic carbocycles. The van der Waals surface area contributed by atoms with E-state index < -0.39 is 23.3 Å². The molecule has 6 heteroatoms. The molecule has 0 aliphatic heterocycles. The molecule has 1 atom stereocenters. The highest BCUT2D eigenvalue weighted by molar-refractivity contribution is 6.32. The molecular weight excluding hydrogens is 256 g/mol. The summed E-state index contributed by atoms with van der Waals surface area (Å²) in [6, 6.07) is 2.06. The Morgan fingerprint density at radius 2 is 2.06 bits per heavy atom. The van der Waals surface area contributed by atoms with E-state index in [9.17, 15) is 9.59 Å². The number of carbonyl (C=O) groups is 2. The Kier molecular flexibility index (Phi) is 4.29. The zero-order valence-corrected chi connectivity index (χ0v) is 11.2. The van der Waals surface area contributed by atoms with E-state index in [1.807, 2.05) is 0 Å². The molecule has 2 N–H and O–H groups in total. The standard InChI is InChI=1S/C12H15ClN2O3/c1-12(2,3)8(11(17)18)15-10(16)7-5-4-6-14-9(7)13/h4-6,8H,1-3H3,(H,15,16)(H,17,18)/t8-/m0/s1. The first-order chi connectivity index (χ1) is 8.23. The van der Waals surface area contributed by atoms with Crippen molar-refractivity contribution in [2.24, 2.45) is 5.41 Å². The number of aliphatic carboxylic acids is 1. The second-order valence-corrected chi connectivity index (χ2v) is 5.31. The van der Waals surface area contributed by atoms with Crippen molar-refractivity contribution in [1.29, 1.82) is 0 Å². The van der Waals surface area contributed by atoms with Crippen LogP contribution in [0, 0.1) is 5.41 Å². The van der Waals surface area contributed by atoms with E-state index in [4.69, 9.17) is 16.7 Å². The number of carbonyl (C=O) groups excluding carboxylic acids is 1. The van der Waals surface area contributed by atoms with Gasteiger partial charge in [-0.05, 0) is 17.5 Å². The maximum atomic E-state index is 11.9. The molecule has 5 nitrogen and oxygen atoms in total. The third-order valence-electron chi connectivity index (χ3n) is 2.39. The molecule has 0 saturated carbocycles. The van der Waals surface area contributed by atoms with Gasteiger partial charge >= 0.3 is 5.97 Å². The summed E-state index contributed by atoms with van der Waals surface area (Å²) in [5.41, 5.74) is -0.439. The van der Waals surface area contributed by atoms with E-state index in [1.165, 1.54) is 12.3 Å². The molecule has 18 heavy (non-hydrogen) atoms. The van der Waals surface area contributed by atoms with Crippen molar-refractivity contribution in [2.45, 2.75) is 26.8 Å². The molecule has 0 saturated heterocycles. The predicted molar refractivity (Wildman–Crippen MR) is 67.6 cm³/mol. The van der Waals surface area contributed by atoms with Crippen LogP contribution < -0.4 is 5.32 Å². The van der Waals surface area contributed by atoms with Crippen molar-refractivity contribution in [1.82, 2.24) is 10.3 Å². The molecule has 0 bridgehead atoms. The molecule has 0 unspecified atom stereocenters. The van der Waals surface area contributed by atoms with Gasteiger partial charge in [-0.3, -0.25) is 4.79 Å². The molecule has 1 rings (SSSR count). The molecule has 0 aromatic carbocycles. The first-order valence-corrected chi connectivity index (χ1v) is 5.75. The number of amides is 1. The number of carboxylic acids is 1. The van der Waals surface area contributed by atoms with Gasteiger partial charge in [0.25, 0.3) is 5.91 Å². The highest BCUT2D eigenvalue weighted by atomic mass is 35.5. The maximum Gasteiger partial charge on any atom is 0.326 e. The minimum Gasteiger partial charge on any atom is -0.480 e. The maximum absolute atomic E-state index is 11.9. The van der Waals surface area contributed by atoms with Crippen LogP contribution in [0.5, 0.6) is 0 Å². The lowest BCUT2D eigenvalue weighted by atomic mass is 9.86. The van der Waals surface area contributed by atoms with Crippen molar-refractivity contribution >= 4 is 23.5 Å². The Hall–Kier alpha value is -1.62. The molecule has 1 aromatic rings. The lowest BCUT2D eigenvalue weighted by Crippen LogP contribution is -2.49. The fourth-order valence-corrected chi connectivity index (χ4v) is 1.62. The molecule has 1 heterocycles. The second kappa shape index (κ2) is 5.35. The van der Waals surface area contributed by atoms with Gasteiger partial charge in [-0.1, -0.05) is 32.4 Å². The summed E-state index contributed by atoms with van der Waals surface area (Å²) in [4.78, 5) is 26.8. The van der Waals surface area contributed by atoms with Gasteiger partial charge in [0.2, 0.25) is 0 Å². The number of aromatic nitrogens is 1. The van der Waals surface area contributed by atoms with Crippen LogP contribution in [-0.4, -0.2) is 28.0 Å². The van der Waals surface area contributed by atoms with Crippen LogP contribution in [0.2, 0.25) is 5.15 Å². The van der Waals surface area contributed by atoms with Gasteiger partial charge in [0.05, 0.1) is 5.56 Å². The van der Waals surface area contributed by atoms with Crippen molar-refractivity contribution < 1.29 is 14.7 Å². The minimum absolute atomic E-state index is 0.0491. The van der Waals surface area contributed by atoms with Gasteiger partial charge in [-0.15, -0.1) is 0 Å². The Balaban J connectivity index is 2.93. The minimum atomic E-state index is -1.09. The SMILES string of the molecule is CC(C)(C)[C@@H](NC(=O)c1cccnc1Cl)C(=O)O. The third-order valence-corrected chi connectivity index (χ3v) is 2.69. The number of carboxylic acid groups (broad SMARTS) is 1. The van der Waals surface area contributed by atoms with Crippen LogP contribution in [0.15, 0.2) is 18.3 Å². The van der Waals surface area contributed by atoms with Crippen LogP contribution in [0.3, 0.4) is 0 Å². The lowest BCUT2D eigenvalue weighted by molar-refractivity contribution is -0.142. The zero-order valence-electron chi connectivity index (χ0n) is 10.4. The molecule has 0 radical (unpaired) electrons. The highest BCUT2D eigenvalue weighted by Crippen LogP contribution is 2.20. The Morgan fingerprint density at radius 3 is 2.50 bits per heavy atom. The fourth-order valence-electron chi connectivity index (χ4n) is 1.41. The van der Waals surface area contributed by atoms with Gasteiger partial charge in [-0.2, -0.15) is 0 Å². The average molecular weight is 271 g/mol. The van der Waals surface area contributed by atoms with Gasteiger partial charge in [0.1, 0.15) is 11.2 Å². The van der Waals surface area contributed by atoms with Crippen LogP contribution in [0.4, 0.5) is 0 Å². The molecule has 0 spiro atoms. The van der Waals surface area contributed by atoms with Crippen molar-refractivity contribution in [3.63, 3.8) is 0 Å². The molecule has 1 amide bonds. The Bertz CT molecular complexity index is 469. The number of pyridine rings is 1. The average Bonchev–Trinajstić information content (AvgIpc) is 2.24. The number of nitrogens with zero attached hydrogens (tertiary/aromatic N) is 1. The summed E-state index contributed by atoms with van der Waals surface area (Å²) in [5, 5.41) is 11.6. The summed E-state index contributed by atoms with van der Waals surface area (Å²) >= 11 is 5.78. The predicted octanol–water partition coefficient (Wildman–Crippen LogP) is 1.96. The Morgan fingerprint density at radius 1 is 1.44 bits per heavy atom. The van der Waals surface area contributed by atoms with Gasteiger partial charge in [-0.25, -0.2) is 9.78 Å². The van der Waals surface area contributed by atoms with E-state index in [-0.39, 0.29) is 10.7 Å². The smallest absolute Gasteiger partial charge is 0.326 e. The first-order valence-electron chi connectivity index (χ1n) is 5.37. The summed E-state index contributed by atoms with van der Waals surface area (Å²) in [5.74, 6) is -1.63. The van der Waals surface area contributed by atoms with E-state index in [0.717, 1.165) is 0 Å². The molecule has 1 aromatic heterocycles. The molecule has 0 aliphatic rings.